The van der Waals surface area contributed by atoms with Gasteiger partial charge >= 0.3 is 6.18 Å². The van der Waals surface area contributed by atoms with Gasteiger partial charge in [-0.15, -0.1) is 10.2 Å². The van der Waals surface area contributed by atoms with Crippen LogP contribution in [0, 0.1) is 5.41 Å². The minimum atomic E-state index is -4.56. The van der Waals surface area contributed by atoms with Gasteiger partial charge in [-0.2, -0.15) is 13.2 Å². The zero-order valence-corrected chi connectivity index (χ0v) is 22.0. The van der Waals surface area contributed by atoms with E-state index in [9.17, 15) is 13.2 Å². The molecule has 0 bridgehead atoms. The molecule has 204 valence electrons. The quantitative estimate of drug-likeness (QED) is 0.314. The molecule has 4 heterocycles. The van der Waals surface area contributed by atoms with Crippen molar-refractivity contribution in [2.24, 2.45) is 12.5 Å². The number of likely N-dealkylation sites (tertiary alicyclic amines) is 1. The molecule has 2 saturated heterocycles. The summed E-state index contributed by atoms with van der Waals surface area (Å²) in [4.78, 5) is 6.88. The van der Waals surface area contributed by atoms with Crippen LogP contribution in [0.1, 0.15) is 54.7 Å². The molecular formula is C29H30F3N5O2. The lowest BCUT2D eigenvalue weighted by molar-refractivity contribution is -0.136. The van der Waals surface area contributed by atoms with Gasteiger partial charge in [-0.3, -0.25) is 4.90 Å². The molecule has 39 heavy (non-hydrogen) atoms. The summed E-state index contributed by atoms with van der Waals surface area (Å²) in [7, 11) is 1.90. The van der Waals surface area contributed by atoms with E-state index in [2.05, 4.69) is 20.1 Å². The van der Waals surface area contributed by atoms with Crippen LogP contribution in [0.5, 0.6) is 0 Å². The maximum atomic E-state index is 14.2. The SMILES string of the molecule is C[C@@H](c1cc(C(F)(F)F)c2oc(-c3cccc(C4(Cc5nncn5C)COC4)c3)nc2c1)N1CCC2(CC2)C1. The van der Waals surface area contributed by atoms with E-state index in [1.54, 1.807) is 12.4 Å². The molecule has 3 aliphatic rings. The van der Waals surface area contributed by atoms with Crippen molar-refractivity contribution >= 4 is 11.1 Å². The number of aryl methyl sites for hydroxylation is 1. The normalized spacial score (nSPS) is 20.9. The monoisotopic (exact) mass is 537 g/mol. The van der Waals surface area contributed by atoms with Gasteiger partial charge in [0.1, 0.15) is 23.2 Å². The number of benzene rings is 2. The molecule has 10 heteroatoms. The van der Waals surface area contributed by atoms with Crippen LogP contribution in [-0.4, -0.2) is 51.0 Å². The number of hydrogen-bond donors (Lipinski definition) is 0. The van der Waals surface area contributed by atoms with E-state index in [1.165, 1.54) is 18.9 Å². The smallest absolute Gasteiger partial charge is 0.420 e. The maximum absolute atomic E-state index is 14.2. The van der Waals surface area contributed by atoms with Crippen molar-refractivity contribution in [2.45, 2.75) is 50.2 Å². The Labute approximate surface area is 224 Å². The van der Waals surface area contributed by atoms with Gasteiger partial charge in [-0.25, -0.2) is 4.98 Å². The zero-order valence-electron chi connectivity index (χ0n) is 22.0. The maximum Gasteiger partial charge on any atom is 0.420 e. The summed E-state index contributed by atoms with van der Waals surface area (Å²) < 4.78 is 56.1. The second-order valence-electron chi connectivity index (χ2n) is 11.7. The Kier molecular flexibility index (Phi) is 5.48. The highest BCUT2D eigenvalue weighted by atomic mass is 19.4. The lowest BCUT2D eigenvalue weighted by atomic mass is 9.75. The van der Waals surface area contributed by atoms with E-state index in [1.807, 2.05) is 42.8 Å². The van der Waals surface area contributed by atoms with E-state index in [0.29, 0.717) is 36.2 Å². The highest BCUT2D eigenvalue weighted by Gasteiger charge is 2.48. The first-order valence-electron chi connectivity index (χ1n) is 13.4. The fourth-order valence-electron chi connectivity index (χ4n) is 6.20. The minimum absolute atomic E-state index is 0.127. The van der Waals surface area contributed by atoms with E-state index < -0.39 is 11.7 Å². The first-order chi connectivity index (χ1) is 18.6. The highest BCUT2D eigenvalue weighted by Crippen LogP contribution is 2.54. The molecule has 0 radical (unpaired) electrons. The molecule has 1 spiro atoms. The Hall–Kier alpha value is -3.24. The predicted molar refractivity (Wildman–Crippen MR) is 138 cm³/mol. The van der Waals surface area contributed by atoms with Gasteiger partial charge in [-0.1, -0.05) is 12.1 Å². The highest BCUT2D eigenvalue weighted by molar-refractivity contribution is 5.81. The van der Waals surface area contributed by atoms with Crippen LogP contribution in [0.4, 0.5) is 13.2 Å². The lowest BCUT2D eigenvalue weighted by Crippen LogP contribution is -2.49. The second kappa shape index (κ2) is 8.63. The number of halogens is 3. The fraction of sp³-hybridized carbons (Fsp3) is 0.483. The topological polar surface area (TPSA) is 69.2 Å². The van der Waals surface area contributed by atoms with E-state index in [-0.39, 0.29) is 28.4 Å². The molecule has 0 N–H and O–H groups in total. The number of ether oxygens (including phenoxy) is 1. The van der Waals surface area contributed by atoms with Gasteiger partial charge < -0.3 is 13.7 Å². The summed E-state index contributed by atoms with van der Waals surface area (Å²) in [6, 6.07) is 10.5. The molecule has 3 fully saturated rings. The summed E-state index contributed by atoms with van der Waals surface area (Å²) >= 11 is 0. The standard InChI is InChI=1S/C29H30F3N5O2/c1-18(37-9-8-27(14-37)6-7-27)20-11-22(29(30,31)32)25-23(12-20)34-26(39-25)19-4-3-5-21(10-19)28(15-38-16-28)13-24-35-33-17-36(24)2/h3-5,10-12,17-18H,6-9,13-16H2,1-2H3/t18-/m0/s1. The van der Waals surface area contributed by atoms with Crippen LogP contribution in [0.15, 0.2) is 47.1 Å². The summed E-state index contributed by atoms with van der Waals surface area (Å²) in [5.74, 6) is 1.02. The molecule has 2 aliphatic heterocycles. The number of alkyl halides is 3. The molecule has 0 amide bonds. The van der Waals surface area contributed by atoms with Crippen LogP contribution in [-0.2, 0) is 29.8 Å². The third-order valence-corrected chi connectivity index (χ3v) is 9.05. The number of rotatable bonds is 6. The fourth-order valence-corrected chi connectivity index (χ4v) is 6.20. The van der Waals surface area contributed by atoms with Crippen LogP contribution >= 0.6 is 0 Å². The van der Waals surface area contributed by atoms with Gasteiger partial charge in [0.25, 0.3) is 0 Å². The number of oxazole rings is 1. The first kappa shape index (κ1) is 24.8. The van der Waals surface area contributed by atoms with Gasteiger partial charge in [0, 0.05) is 37.0 Å². The summed E-state index contributed by atoms with van der Waals surface area (Å²) in [5.41, 5.74) is 1.59. The van der Waals surface area contributed by atoms with Crippen LogP contribution in [0.2, 0.25) is 0 Å². The molecule has 1 atom stereocenters. The van der Waals surface area contributed by atoms with Gasteiger partial charge in [0.2, 0.25) is 5.89 Å². The van der Waals surface area contributed by atoms with Crippen molar-refractivity contribution < 1.29 is 22.3 Å². The van der Waals surface area contributed by atoms with Gasteiger partial charge in [0.05, 0.1) is 13.2 Å². The van der Waals surface area contributed by atoms with E-state index >= 15 is 0 Å². The van der Waals surface area contributed by atoms with E-state index in [0.717, 1.165) is 30.9 Å². The van der Waals surface area contributed by atoms with Crippen molar-refractivity contribution in [1.82, 2.24) is 24.6 Å². The number of fused-ring (bicyclic) bond motifs is 1. The second-order valence-corrected chi connectivity index (χ2v) is 11.7. The van der Waals surface area contributed by atoms with Gasteiger partial charge in [-0.05, 0) is 73.5 Å². The number of nitrogens with zero attached hydrogens (tertiary/aromatic N) is 5. The summed E-state index contributed by atoms with van der Waals surface area (Å²) in [5, 5.41) is 8.21. The molecule has 7 rings (SSSR count). The Morgan fingerprint density at radius 1 is 1.10 bits per heavy atom. The van der Waals surface area contributed by atoms with Crippen molar-refractivity contribution in [1.29, 1.82) is 0 Å². The predicted octanol–water partition coefficient (Wildman–Crippen LogP) is 5.70. The molecular weight excluding hydrogens is 507 g/mol. The Balaban J connectivity index is 1.25. The summed E-state index contributed by atoms with van der Waals surface area (Å²) in [6.45, 7) is 4.90. The largest absolute Gasteiger partial charge is 0.435 e. The molecule has 0 unspecified atom stereocenters. The number of hydrogen-bond acceptors (Lipinski definition) is 6. The summed E-state index contributed by atoms with van der Waals surface area (Å²) in [6.07, 6.45) is 1.32. The van der Waals surface area contributed by atoms with Crippen LogP contribution in [0.3, 0.4) is 0 Å². The molecule has 2 aromatic heterocycles. The molecule has 1 aliphatic carbocycles. The molecule has 2 aromatic carbocycles. The van der Waals surface area contributed by atoms with Crippen molar-refractivity contribution in [3.63, 3.8) is 0 Å². The average Bonchev–Trinajstić information content (AvgIpc) is 3.19. The Bertz CT molecular complexity index is 1550. The van der Waals surface area contributed by atoms with Crippen molar-refractivity contribution in [3.05, 3.63) is 65.2 Å². The average molecular weight is 538 g/mol. The van der Waals surface area contributed by atoms with Gasteiger partial charge in [0.15, 0.2) is 5.58 Å². The van der Waals surface area contributed by atoms with Crippen LogP contribution < -0.4 is 0 Å². The molecule has 7 nitrogen and oxygen atoms in total. The third kappa shape index (κ3) is 4.24. The number of aromatic nitrogens is 4. The molecule has 1 saturated carbocycles. The first-order valence-corrected chi connectivity index (χ1v) is 13.4. The third-order valence-electron chi connectivity index (χ3n) is 9.05. The van der Waals surface area contributed by atoms with Crippen molar-refractivity contribution in [3.8, 4) is 11.5 Å². The van der Waals surface area contributed by atoms with E-state index in [4.69, 9.17) is 9.15 Å². The Morgan fingerprint density at radius 3 is 2.56 bits per heavy atom. The lowest BCUT2D eigenvalue weighted by Gasteiger charge is -2.41. The Morgan fingerprint density at radius 2 is 1.92 bits per heavy atom. The van der Waals surface area contributed by atoms with Crippen molar-refractivity contribution in [2.75, 3.05) is 26.3 Å². The molecule has 4 aromatic rings. The zero-order chi connectivity index (χ0) is 27.0. The van der Waals surface area contributed by atoms with Crippen LogP contribution in [0.25, 0.3) is 22.6 Å². The minimum Gasteiger partial charge on any atom is -0.435 e.